The Morgan fingerprint density at radius 3 is 2.90 bits per heavy atom. The molecule has 0 spiro atoms. The van der Waals surface area contributed by atoms with Crippen LogP contribution in [0.25, 0.3) is 27.4 Å². The molecule has 3 heterocycles. The highest BCUT2D eigenvalue weighted by atomic mass is 19.1. The van der Waals surface area contributed by atoms with Gasteiger partial charge in [0, 0.05) is 24.2 Å². The summed E-state index contributed by atoms with van der Waals surface area (Å²) in [7, 11) is 0. The molecule has 0 radical (unpaired) electrons. The van der Waals surface area contributed by atoms with E-state index in [9.17, 15) is 9.18 Å². The largest absolute Gasteiger partial charge is 0.328 e. The van der Waals surface area contributed by atoms with Crippen LogP contribution in [-0.2, 0) is 0 Å². The zero-order valence-electron chi connectivity index (χ0n) is 10.9. The number of nitrogens with zero attached hydrogens (tertiary/aromatic N) is 2. The standard InChI is InChI=1S/C16H10FN3O/c17-11-1-2-13-14(8-11)16(21)18-9-15(13)10-4-6-20-12(7-10)3-5-19-20/h1-9H,(H,18,21). The van der Waals surface area contributed by atoms with Gasteiger partial charge in [-0.05, 0) is 41.3 Å². The summed E-state index contributed by atoms with van der Waals surface area (Å²) in [5.74, 6) is -0.420. The zero-order valence-corrected chi connectivity index (χ0v) is 10.9. The summed E-state index contributed by atoms with van der Waals surface area (Å²) in [5.41, 5.74) is 2.46. The molecule has 1 N–H and O–H groups in total. The van der Waals surface area contributed by atoms with E-state index in [0.29, 0.717) is 5.39 Å². The lowest BCUT2D eigenvalue weighted by atomic mass is 10.0. The quantitative estimate of drug-likeness (QED) is 0.582. The molecule has 0 saturated heterocycles. The molecule has 4 rings (SSSR count). The highest BCUT2D eigenvalue weighted by Gasteiger charge is 2.08. The zero-order chi connectivity index (χ0) is 14.4. The SMILES string of the molecule is O=c1[nH]cc(-c2ccn3nccc3c2)c2ccc(F)cc12. The van der Waals surface area contributed by atoms with Crippen molar-refractivity contribution in [3.05, 3.63) is 71.2 Å². The third kappa shape index (κ3) is 1.82. The first-order valence-electron chi connectivity index (χ1n) is 6.47. The maximum absolute atomic E-state index is 13.4. The monoisotopic (exact) mass is 279 g/mol. The number of nitrogens with one attached hydrogen (secondary N) is 1. The summed E-state index contributed by atoms with van der Waals surface area (Å²) in [6.45, 7) is 0. The van der Waals surface area contributed by atoms with E-state index in [4.69, 9.17) is 0 Å². The molecule has 0 aliphatic carbocycles. The van der Waals surface area contributed by atoms with Gasteiger partial charge in [-0.2, -0.15) is 5.10 Å². The van der Waals surface area contributed by atoms with E-state index in [2.05, 4.69) is 10.1 Å². The van der Waals surface area contributed by atoms with Crippen LogP contribution in [0, 0.1) is 5.82 Å². The number of benzene rings is 1. The second-order valence-corrected chi connectivity index (χ2v) is 4.84. The summed E-state index contributed by atoms with van der Waals surface area (Å²) in [4.78, 5) is 14.5. The average molecular weight is 279 g/mol. The van der Waals surface area contributed by atoms with Crippen molar-refractivity contribution in [3.63, 3.8) is 0 Å². The minimum atomic E-state index is -0.420. The van der Waals surface area contributed by atoms with Crippen LogP contribution in [-0.4, -0.2) is 14.6 Å². The molecule has 0 unspecified atom stereocenters. The third-order valence-electron chi connectivity index (χ3n) is 3.57. The van der Waals surface area contributed by atoms with Gasteiger partial charge in [-0.15, -0.1) is 0 Å². The number of pyridine rings is 2. The second kappa shape index (κ2) is 4.28. The highest BCUT2D eigenvalue weighted by molar-refractivity contribution is 5.96. The number of hydrogen-bond donors (Lipinski definition) is 1. The number of aromatic nitrogens is 3. The van der Waals surface area contributed by atoms with E-state index in [-0.39, 0.29) is 5.56 Å². The van der Waals surface area contributed by atoms with Gasteiger partial charge in [0.05, 0.1) is 10.9 Å². The first-order valence-corrected chi connectivity index (χ1v) is 6.47. The molecule has 0 aliphatic heterocycles. The van der Waals surface area contributed by atoms with Gasteiger partial charge in [0.1, 0.15) is 5.82 Å². The number of H-pyrrole nitrogens is 1. The summed E-state index contributed by atoms with van der Waals surface area (Å²) in [6.07, 6.45) is 5.23. The van der Waals surface area contributed by atoms with Gasteiger partial charge in [-0.3, -0.25) is 4.79 Å². The van der Waals surface area contributed by atoms with Gasteiger partial charge in [-0.1, -0.05) is 6.07 Å². The number of halogens is 1. The van der Waals surface area contributed by atoms with Crippen LogP contribution in [0.15, 0.2) is 59.8 Å². The summed E-state index contributed by atoms with van der Waals surface area (Å²) < 4.78 is 15.1. The van der Waals surface area contributed by atoms with Crippen molar-refractivity contribution in [2.75, 3.05) is 0 Å². The van der Waals surface area contributed by atoms with E-state index in [0.717, 1.165) is 22.0 Å². The van der Waals surface area contributed by atoms with Gasteiger partial charge in [0.15, 0.2) is 0 Å². The van der Waals surface area contributed by atoms with Crippen molar-refractivity contribution in [1.82, 2.24) is 14.6 Å². The van der Waals surface area contributed by atoms with Crippen LogP contribution in [0.2, 0.25) is 0 Å². The van der Waals surface area contributed by atoms with E-state index in [1.165, 1.54) is 12.1 Å². The van der Waals surface area contributed by atoms with Crippen molar-refractivity contribution in [3.8, 4) is 11.1 Å². The lowest BCUT2D eigenvalue weighted by Gasteiger charge is -2.07. The Bertz CT molecular complexity index is 1030. The predicted octanol–water partition coefficient (Wildman–Crippen LogP) is 2.98. The van der Waals surface area contributed by atoms with Crippen LogP contribution >= 0.6 is 0 Å². The van der Waals surface area contributed by atoms with E-state index in [1.54, 1.807) is 23.0 Å². The lowest BCUT2D eigenvalue weighted by molar-refractivity contribution is 0.629. The third-order valence-corrected chi connectivity index (χ3v) is 3.57. The molecule has 5 heteroatoms. The fourth-order valence-corrected chi connectivity index (χ4v) is 2.56. The summed E-state index contributed by atoms with van der Waals surface area (Å²) in [6, 6.07) is 10.0. The van der Waals surface area contributed by atoms with Gasteiger partial charge in [0.25, 0.3) is 5.56 Å². The molecule has 0 aliphatic rings. The molecule has 0 saturated carbocycles. The van der Waals surface area contributed by atoms with E-state index in [1.807, 2.05) is 24.4 Å². The van der Waals surface area contributed by atoms with Crippen molar-refractivity contribution in [1.29, 1.82) is 0 Å². The molecule has 1 aromatic carbocycles. The Hall–Kier alpha value is -2.95. The molecular formula is C16H10FN3O. The molecule has 0 amide bonds. The van der Waals surface area contributed by atoms with Crippen LogP contribution in [0.3, 0.4) is 0 Å². The fraction of sp³-hybridized carbons (Fsp3) is 0. The molecule has 102 valence electrons. The first kappa shape index (κ1) is 11.8. The molecule has 0 fully saturated rings. The van der Waals surface area contributed by atoms with Crippen LogP contribution in [0.5, 0.6) is 0 Å². The Balaban J connectivity index is 2.05. The minimum absolute atomic E-state index is 0.293. The Labute approximate surface area is 118 Å². The van der Waals surface area contributed by atoms with Gasteiger partial charge < -0.3 is 4.98 Å². The Kier molecular flexibility index (Phi) is 2.41. The van der Waals surface area contributed by atoms with Gasteiger partial charge in [-0.25, -0.2) is 8.91 Å². The predicted molar refractivity (Wildman–Crippen MR) is 78.7 cm³/mol. The number of hydrogen-bond acceptors (Lipinski definition) is 2. The number of aromatic amines is 1. The van der Waals surface area contributed by atoms with Gasteiger partial charge >= 0.3 is 0 Å². The van der Waals surface area contributed by atoms with Crippen LogP contribution in [0.4, 0.5) is 4.39 Å². The highest BCUT2D eigenvalue weighted by Crippen LogP contribution is 2.27. The second-order valence-electron chi connectivity index (χ2n) is 4.84. The maximum Gasteiger partial charge on any atom is 0.255 e. The molecular weight excluding hydrogens is 269 g/mol. The Morgan fingerprint density at radius 2 is 2.00 bits per heavy atom. The van der Waals surface area contributed by atoms with Crippen molar-refractivity contribution >= 4 is 16.3 Å². The maximum atomic E-state index is 13.4. The number of rotatable bonds is 1. The lowest BCUT2D eigenvalue weighted by Crippen LogP contribution is -2.06. The average Bonchev–Trinajstić information content (AvgIpc) is 2.95. The summed E-state index contributed by atoms with van der Waals surface area (Å²) in [5, 5.41) is 5.22. The smallest absolute Gasteiger partial charge is 0.255 e. The van der Waals surface area contributed by atoms with Crippen molar-refractivity contribution in [2.24, 2.45) is 0 Å². The molecule has 0 atom stereocenters. The van der Waals surface area contributed by atoms with E-state index >= 15 is 0 Å². The normalized spacial score (nSPS) is 11.3. The summed E-state index contributed by atoms with van der Waals surface area (Å²) >= 11 is 0. The van der Waals surface area contributed by atoms with Gasteiger partial charge in [0.2, 0.25) is 0 Å². The van der Waals surface area contributed by atoms with Crippen LogP contribution < -0.4 is 5.56 Å². The molecule has 4 nitrogen and oxygen atoms in total. The molecule has 21 heavy (non-hydrogen) atoms. The van der Waals surface area contributed by atoms with Crippen LogP contribution in [0.1, 0.15) is 0 Å². The first-order chi connectivity index (χ1) is 10.2. The molecule has 3 aromatic heterocycles. The molecule has 0 bridgehead atoms. The Morgan fingerprint density at radius 1 is 1.10 bits per heavy atom. The minimum Gasteiger partial charge on any atom is -0.328 e. The molecule has 4 aromatic rings. The van der Waals surface area contributed by atoms with E-state index < -0.39 is 5.82 Å². The fourth-order valence-electron chi connectivity index (χ4n) is 2.56. The van der Waals surface area contributed by atoms with Crippen molar-refractivity contribution in [2.45, 2.75) is 0 Å². The number of fused-ring (bicyclic) bond motifs is 2. The topological polar surface area (TPSA) is 50.2 Å². The van der Waals surface area contributed by atoms with Crippen molar-refractivity contribution < 1.29 is 4.39 Å².